The Morgan fingerprint density at radius 2 is 2.20 bits per heavy atom. The van der Waals surface area contributed by atoms with Gasteiger partial charge >= 0.3 is 0 Å². The SMILES string of the molecule is OC[C@@H]1CC[C@H]2CCCN21. The maximum atomic E-state index is 8.97. The van der Waals surface area contributed by atoms with Crippen molar-refractivity contribution in [2.45, 2.75) is 37.8 Å². The number of aliphatic hydroxyl groups is 1. The molecule has 58 valence electrons. The van der Waals surface area contributed by atoms with E-state index in [0.717, 1.165) is 6.04 Å². The summed E-state index contributed by atoms with van der Waals surface area (Å²) in [5.41, 5.74) is 0. The lowest BCUT2D eigenvalue weighted by atomic mass is 10.1. The molecule has 2 fully saturated rings. The number of hydrogen-bond donors (Lipinski definition) is 1. The first kappa shape index (κ1) is 6.62. The predicted molar refractivity (Wildman–Crippen MR) is 39.8 cm³/mol. The molecule has 0 saturated carbocycles. The smallest absolute Gasteiger partial charge is 0.0586 e. The summed E-state index contributed by atoms with van der Waals surface area (Å²) < 4.78 is 0. The van der Waals surface area contributed by atoms with Gasteiger partial charge in [-0.15, -0.1) is 0 Å². The fourth-order valence-corrected chi connectivity index (χ4v) is 2.40. The molecule has 2 heterocycles. The van der Waals surface area contributed by atoms with Crippen LogP contribution in [0.25, 0.3) is 0 Å². The van der Waals surface area contributed by atoms with Gasteiger partial charge in [0.15, 0.2) is 0 Å². The summed E-state index contributed by atoms with van der Waals surface area (Å²) in [6, 6.07) is 1.34. The predicted octanol–water partition coefficient (Wildman–Crippen LogP) is 0.605. The number of aliphatic hydroxyl groups excluding tert-OH is 1. The average Bonchev–Trinajstić information content (AvgIpc) is 2.44. The van der Waals surface area contributed by atoms with Gasteiger partial charge in [0, 0.05) is 12.1 Å². The van der Waals surface area contributed by atoms with Crippen molar-refractivity contribution in [3.8, 4) is 0 Å². The molecule has 1 N–H and O–H groups in total. The van der Waals surface area contributed by atoms with Crippen molar-refractivity contribution < 1.29 is 5.11 Å². The average molecular weight is 141 g/mol. The summed E-state index contributed by atoms with van der Waals surface area (Å²) in [4.78, 5) is 2.49. The molecule has 0 amide bonds. The number of fused-ring (bicyclic) bond motifs is 1. The molecule has 0 aromatic carbocycles. The van der Waals surface area contributed by atoms with Gasteiger partial charge in [-0.2, -0.15) is 0 Å². The lowest BCUT2D eigenvalue weighted by molar-refractivity contribution is 0.155. The fourth-order valence-electron chi connectivity index (χ4n) is 2.40. The minimum atomic E-state index is 0.372. The number of nitrogens with zero attached hydrogens (tertiary/aromatic N) is 1. The highest BCUT2D eigenvalue weighted by Gasteiger charge is 2.35. The van der Waals surface area contributed by atoms with E-state index in [1.165, 1.54) is 32.2 Å². The Labute approximate surface area is 61.8 Å². The summed E-state index contributed by atoms with van der Waals surface area (Å²) in [5, 5.41) is 8.97. The van der Waals surface area contributed by atoms with Gasteiger partial charge in [-0.05, 0) is 32.2 Å². The normalized spacial score (nSPS) is 40.5. The zero-order chi connectivity index (χ0) is 6.97. The second-order valence-electron chi connectivity index (χ2n) is 3.45. The van der Waals surface area contributed by atoms with Crippen molar-refractivity contribution in [1.82, 2.24) is 4.90 Å². The minimum Gasteiger partial charge on any atom is -0.395 e. The Morgan fingerprint density at radius 1 is 1.30 bits per heavy atom. The fraction of sp³-hybridized carbons (Fsp3) is 1.00. The molecule has 0 spiro atoms. The molecule has 2 heteroatoms. The Kier molecular flexibility index (Phi) is 1.66. The minimum absolute atomic E-state index is 0.372. The van der Waals surface area contributed by atoms with Gasteiger partial charge < -0.3 is 5.11 Å². The van der Waals surface area contributed by atoms with Gasteiger partial charge in [-0.25, -0.2) is 0 Å². The second-order valence-corrected chi connectivity index (χ2v) is 3.45. The lowest BCUT2D eigenvalue weighted by Crippen LogP contribution is -2.33. The molecule has 2 nitrogen and oxygen atoms in total. The third-order valence-electron chi connectivity index (χ3n) is 2.94. The van der Waals surface area contributed by atoms with Crippen LogP contribution in [0.1, 0.15) is 25.7 Å². The van der Waals surface area contributed by atoms with E-state index in [0.29, 0.717) is 12.6 Å². The summed E-state index contributed by atoms with van der Waals surface area (Å²) in [6.07, 6.45) is 5.27. The molecule has 0 aromatic rings. The van der Waals surface area contributed by atoms with Crippen LogP contribution in [-0.4, -0.2) is 35.2 Å². The van der Waals surface area contributed by atoms with Gasteiger partial charge in [0.05, 0.1) is 6.61 Å². The summed E-state index contributed by atoms with van der Waals surface area (Å²) >= 11 is 0. The van der Waals surface area contributed by atoms with Crippen LogP contribution in [0.15, 0.2) is 0 Å². The van der Waals surface area contributed by atoms with Crippen molar-refractivity contribution in [1.29, 1.82) is 0 Å². The van der Waals surface area contributed by atoms with Gasteiger partial charge in [-0.1, -0.05) is 0 Å². The van der Waals surface area contributed by atoms with Crippen LogP contribution >= 0.6 is 0 Å². The highest BCUT2D eigenvalue weighted by Crippen LogP contribution is 2.31. The lowest BCUT2D eigenvalue weighted by Gasteiger charge is -2.21. The highest BCUT2D eigenvalue weighted by molar-refractivity contribution is 4.91. The topological polar surface area (TPSA) is 23.5 Å². The van der Waals surface area contributed by atoms with Crippen LogP contribution < -0.4 is 0 Å². The Balaban J connectivity index is 2.01. The summed E-state index contributed by atoms with van der Waals surface area (Å²) in [7, 11) is 0. The van der Waals surface area contributed by atoms with Crippen LogP contribution in [-0.2, 0) is 0 Å². The first-order valence-electron chi connectivity index (χ1n) is 4.28. The standard InChI is InChI=1S/C8H15NO/c10-6-8-4-3-7-2-1-5-9(7)8/h7-8,10H,1-6H2/t7-,8+/m1/s1. The van der Waals surface area contributed by atoms with Crippen molar-refractivity contribution >= 4 is 0 Å². The van der Waals surface area contributed by atoms with Crippen molar-refractivity contribution in [2.75, 3.05) is 13.2 Å². The third kappa shape index (κ3) is 0.867. The van der Waals surface area contributed by atoms with E-state index in [9.17, 15) is 0 Å². The molecule has 2 rings (SSSR count). The second kappa shape index (κ2) is 2.51. The maximum Gasteiger partial charge on any atom is 0.0586 e. The number of hydrogen-bond acceptors (Lipinski definition) is 2. The first-order valence-corrected chi connectivity index (χ1v) is 4.28. The van der Waals surface area contributed by atoms with Crippen molar-refractivity contribution in [2.24, 2.45) is 0 Å². The Morgan fingerprint density at radius 3 is 3.00 bits per heavy atom. The molecule has 2 atom stereocenters. The van der Waals surface area contributed by atoms with E-state index in [4.69, 9.17) is 5.11 Å². The van der Waals surface area contributed by atoms with Crippen LogP contribution in [0.5, 0.6) is 0 Å². The van der Waals surface area contributed by atoms with Crippen LogP contribution in [0.2, 0.25) is 0 Å². The van der Waals surface area contributed by atoms with Crippen molar-refractivity contribution in [3.63, 3.8) is 0 Å². The molecular formula is C8H15NO. The van der Waals surface area contributed by atoms with Gasteiger partial charge in [0.25, 0.3) is 0 Å². The molecule has 0 bridgehead atoms. The molecular weight excluding hydrogens is 126 g/mol. The molecule has 2 aliphatic rings. The quantitative estimate of drug-likeness (QED) is 0.578. The molecule has 0 radical (unpaired) electrons. The molecule has 0 aliphatic carbocycles. The van der Waals surface area contributed by atoms with E-state index in [-0.39, 0.29) is 0 Å². The zero-order valence-electron chi connectivity index (χ0n) is 6.29. The van der Waals surface area contributed by atoms with Gasteiger partial charge in [0.2, 0.25) is 0 Å². The molecule has 10 heavy (non-hydrogen) atoms. The molecule has 0 unspecified atom stereocenters. The Bertz CT molecular complexity index is 126. The van der Waals surface area contributed by atoms with Crippen molar-refractivity contribution in [3.05, 3.63) is 0 Å². The monoisotopic (exact) mass is 141 g/mol. The first-order chi connectivity index (χ1) is 4.92. The highest BCUT2D eigenvalue weighted by atomic mass is 16.3. The molecule has 0 aromatic heterocycles. The van der Waals surface area contributed by atoms with E-state index in [2.05, 4.69) is 4.90 Å². The molecule has 2 aliphatic heterocycles. The van der Waals surface area contributed by atoms with Crippen LogP contribution in [0.4, 0.5) is 0 Å². The van der Waals surface area contributed by atoms with Crippen LogP contribution in [0.3, 0.4) is 0 Å². The molecule has 2 saturated heterocycles. The van der Waals surface area contributed by atoms with Gasteiger partial charge in [0.1, 0.15) is 0 Å². The van der Waals surface area contributed by atoms with E-state index < -0.39 is 0 Å². The summed E-state index contributed by atoms with van der Waals surface area (Å²) in [6.45, 7) is 1.60. The zero-order valence-corrected chi connectivity index (χ0v) is 6.29. The summed E-state index contributed by atoms with van der Waals surface area (Å²) in [5.74, 6) is 0. The van der Waals surface area contributed by atoms with E-state index in [1.54, 1.807) is 0 Å². The van der Waals surface area contributed by atoms with E-state index >= 15 is 0 Å². The largest absolute Gasteiger partial charge is 0.395 e. The third-order valence-corrected chi connectivity index (χ3v) is 2.94. The van der Waals surface area contributed by atoms with Gasteiger partial charge in [-0.3, -0.25) is 4.90 Å². The Hall–Kier alpha value is -0.0800. The van der Waals surface area contributed by atoms with E-state index in [1.807, 2.05) is 0 Å². The van der Waals surface area contributed by atoms with Crippen LogP contribution in [0, 0.1) is 0 Å². The number of rotatable bonds is 1. The maximum absolute atomic E-state index is 8.97.